The predicted octanol–water partition coefficient (Wildman–Crippen LogP) is 2.83. The first kappa shape index (κ1) is 10.9. The highest BCUT2D eigenvalue weighted by Gasteiger charge is 2.06. The summed E-state index contributed by atoms with van der Waals surface area (Å²) in [6.45, 7) is 4.74. The third-order valence-electron chi connectivity index (χ3n) is 2.25. The fourth-order valence-electron chi connectivity index (χ4n) is 1.46. The van der Waals surface area contributed by atoms with Crippen LogP contribution >= 0.6 is 11.3 Å². The van der Waals surface area contributed by atoms with Gasteiger partial charge in [-0.2, -0.15) is 0 Å². The number of anilines is 1. The molecule has 0 aromatic carbocycles. The Kier molecular flexibility index (Phi) is 3.37. The SMILES string of the molecule is CC#CCCNc1ncnc2c(C)csc12. The summed E-state index contributed by atoms with van der Waals surface area (Å²) >= 11 is 1.68. The highest BCUT2D eigenvalue weighted by atomic mass is 32.1. The molecule has 2 aromatic rings. The van der Waals surface area contributed by atoms with Gasteiger partial charge in [0.2, 0.25) is 0 Å². The van der Waals surface area contributed by atoms with Crippen LogP contribution in [0.4, 0.5) is 5.82 Å². The number of rotatable bonds is 3. The van der Waals surface area contributed by atoms with E-state index in [-0.39, 0.29) is 0 Å². The molecule has 3 nitrogen and oxygen atoms in total. The van der Waals surface area contributed by atoms with Crippen molar-refractivity contribution >= 4 is 27.4 Å². The van der Waals surface area contributed by atoms with Gasteiger partial charge in [-0.25, -0.2) is 9.97 Å². The topological polar surface area (TPSA) is 37.8 Å². The molecule has 0 spiro atoms. The maximum atomic E-state index is 4.28. The van der Waals surface area contributed by atoms with Crippen LogP contribution in [0, 0.1) is 18.8 Å². The van der Waals surface area contributed by atoms with E-state index < -0.39 is 0 Å². The molecular weight excluding hydrogens is 218 g/mol. The number of nitrogens with one attached hydrogen (secondary N) is 1. The Bertz CT molecular complexity index is 548. The van der Waals surface area contributed by atoms with Gasteiger partial charge >= 0.3 is 0 Å². The molecule has 1 N–H and O–H groups in total. The summed E-state index contributed by atoms with van der Waals surface area (Å²) in [6.07, 6.45) is 2.45. The first-order chi connectivity index (χ1) is 7.83. The lowest BCUT2D eigenvalue weighted by molar-refractivity contribution is 1.07. The first-order valence-corrected chi connectivity index (χ1v) is 6.03. The smallest absolute Gasteiger partial charge is 0.147 e. The third-order valence-corrected chi connectivity index (χ3v) is 3.34. The van der Waals surface area contributed by atoms with E-state index in [1.165, 1.54) is 5.56 Å². The Hall–Kier alpha value is -1.60. The summed E-state index contributed by atoms with van der Waals surface area (Å²) in [4.78, 5) is 8.54. The van der Waals surface area contributed by atoms with Gasteiger partial charge in [0.05, 0.1) is 10.2 Å². The average molecular weight is 231 g/mol. The van der Waals surface area contributed by atoms with Crippen molar-refractivity contribution in [2.24, 2.45) is 0 Å². The molecule has 0 atom stereocenters. The van der Waals surface area contributed by atoms with E-state index in [0.29, 0.717) is 0 Å². The highest BCUT2D eigenvalue weighted by Crippen LogP contribution is 2.28. The van der Waals surface area contributed by atoms with Crippen LogP contribution in [0.5, 0.6) is 0 Å². The summed E-state index contributed by atoms with van der Waals surface area (Å²) < 4.78 is 1.13. The standard InChI is InChI=1S/C12H13N3S/c1-3-4-5-6-13-12-11-10(14-8-15-12)9(2)7-16-11/h7-8H,5-6H2,1-2H3,(H,13,14,15). The predicted molar refractivity (Wildman–Crippen MR) is 68.7 cm³/mol. The van der Waals surface area contributed by atoms with Crippen molar-refractivity contribution in [3.8, 4) is 11.8 Å². The van der Waals surface area contributed by atoms with Crippen LogP contribution in [-0.4, -0.2) is 16.5 Å². The van der Waals surface area contributed by atoms with Crippen molar-refractivity contribution in [1.29, 1.82) is 0 Å². The molecule has 2 aromatic heterocycles. The molecule has 16 heavy (non-hydrogen) atoms. The number of fused-ring (bicyclic) bond motifs is 1. The van der Waals surface area contributed by atoms with E-state index in [1.807, 2.05) is 6.92 Å². The lowest BCUT2D eigenvalue weighted by atomic mass is 10.3. The number of aryl methyl sites for hydroxylation is 1. The van der Waals surface area contributed by atoms with Gasteiger partial charge < -0.3 is 5.32 Å². The van der Waals surface area contributed by atoms with Gasteiger partial charge in [0.25, 0.3) is 0 Å². The van der Waals surface area contributed by atoms with Crippen LogP contribution in [0.2, 0.25) is 0 Å². The second-order valence-corrected chi connectivity index (χ2v) is 4.30. The van der Waals surface area contributed by atoms with Gasteiger partial charge in [-0.1, -0.05) is 0 Å². The van der Waals surface area contributed by atoms with Crippen LogP contribution in [0.25, 0.3) is 10.2 Å². The molecule has 4 heteroatoms. The van der Waals surface area contributed by atoms with E-state index in [1.54, 1.807) is 17.7 Å². The number of hydrogen-bond acceptors (Lipinski definition) is 4. The van der Waals surface area contributed by atoms with Gasteiger partial charge in [-0.3, -0.25) is 0 Å². The second kappa shape index (κ2) is 4.95. The molecule has 0 bridgehead atoms. The number of hydrogen-bond donors (Lipinski definition) is 1. The summed E-state index contributed by atoms with van der Waals surface area (Å²) in [7, 11) is 0. The lowest BCUT2D eigenvalue weighted by Crippen LogP contribution is -2.02. The molecule has 0 aliphatic rings. The highest BCUT2D eigenvalue weighted by molar-refractivity contribution is 7.18. The van der Waals surface area contributed by atoms with Crippen molar-refractivity contribution in [2.75, 3.05) is 11.9 Å². The Morgan fingerprint density at radius 1 is 1.44 bits per heavy atom. The molecule has 0 aliphatic heterocycles. The molecule has 0 saturated carbocycles. The normalized spacial score (nSPS) is 9.88. The van der Waals surface area contributed by atoms with Crippen molar-refractivity contribution in [3.05, 3.63) is 17.3 Å². The quantitative estimate of drug-likeness (QED) is 0.652. The molecule has 2 heterocycles. The van der Waals surface area contributed by atoms with Crippen LogP contribution in [-0.2, 0) is 0 Å². The Morgan fingerprint density at radius 3 is 3.12 bits per heavy atom. The fraction of sp³-hybridized carbons (Fsp3) is 0.333. The zero-order valence-electron chi connectivity index (χ0n) is 9.37. The van der Waals surface area contributed by atoms with Crippen LogP contribution in [0.1, 0.15) is 18.9 Å². The van der Waals surface area contributed by atoms with E-state index in [4.69, 9.17) is 0 Å². The monoisotopic (exact) mass is 231 g/mol. The first-order valence-electron chi connectivity index (χ1n) is 5.15. The van der Waals surface area contributed by atoms with Gasteiger partial charge in [0.1, 0.15) is 12.1 Å². The largest absolute Gasteiger partial charge is 0.368 e. The molecule has 0 radical (unpaired) electrons. The molecule has 0 amide bonds. The molecule has 2 rings (SSSR count). The fourth-order valence-corrected chi connectivity index (χ4v) is 2.43. The number of thiophene rings is 1. The van der Waals surface area contributed by atoms with Gasteiger partial charge in [0, 0.05) is 13.0 Å². The van der Waals surface area contributed by atoms with Crippen molar-refractivity contribution < 1.29 is 0 Å². The second-order valence-electron chi connectivity index (χ2n) is 3.42. The van der Waals surface area contributed by atoms with Crippen molar-refractivity contribution in [1.82, 2.24) is 9.97 Å². The number of aromatic nitrogens is 2. The van der Waals surface area contributed by atoms with Crippen LogP contribution in [0.15, 0.2) is 11.7 Å². The molecule has 0 unspecified atom stereocenters. The summed E-state index contributed by atoms with van der Waals surface area (Å²) in [5, 5.41) is 5.40. The van der Waals surface area contributed by atoms with E-state index in [9.17, 15) is 0 Å². The Labute approximate surface area is 98.9 Å². The van der Waals surface area contributed by atoms with E-state index in [0.717, 1.165) is 29.0 Å². The zero-order chi connectivity index (χ0) is 11.4. The third kappa shape index (κ3) is 2.15. The molecule has 0 aliphatic carbocycles. The van der Waals surface area contributed by atoms with Crippen LogP contribution in [0.3, 0.4) is 0 Å². The zero-order valence-corrected chi connectivity index (χ0v) is 10.2. The maximum absolute atomic E-state index is 4.28. The Morgan fingerprint density at radius 2 is 2.31 bits per heavy atom. The Balaban J connectivity index is 2.19. The van der Waals surface area contributed by atoms with Gasteiger partial charge in [-0.05, 0) is 24.8 Å². The average Bonchev–Trinajstić information content (AvgIpc) is 2.68. The minimum atomic E-state index is 0.823. The minimum absolute atomic E-state index is 0.823. The van der Waals surface area contributed by atoms with Crippen LogP contribution < -0.4 is 5.32 Å². The minimum Gasteiger partial charge on any atom is -0.368 e. The molecule has 0 fully saturated rings. The lowest BCUT2D eigenvalue weighted by Gasteiger charge is -2.03. The van der Waals surface area contributed by atoms with Crippen molar-refractivity contribution in [2.45, 2.75) is 20.3 Å². The summed E-state index contributed by atoms with van der Waals surface area (Å²) in [5.74, 6) is 6.81. The summed E-state index contributed by atoms with van der Waals surface area (Å²) in [6, 6.07) is 0. The molecular formula is C12H13N3S. The molecule has 82 valence electrons. The molecule has 0 saturated heterocycles. The number of nitrogens with zero attached hydrogens (tertiary/aromatic N) is 2. The van der Waals surface area contributed by atoms with E-state index >= 15 is 0 Å². The summed E-state index contributed by atoms with van der Waals surface area (Å²) in [5.41, 5.74) is 2.25. The van der Waals surface area contributed by atoms with Gasteiger partial charge in [-0.15, -0.1) is 23.2 Å². The maximum Gasteiger partial charge on any atom is 0.147 e. The van der Waals surface area contributed by atoms with Crippen molar-refractivity contribution in [3.63, 3.8) is 0 Å². The van der Waals surface area contributed by atoms with Gasteiger partial charge in [0.15, 0.2) is 0 Å². The van der Waals surface area contributed by atoms with E-state index in [2.05, 4.69) is 39.4 Å².